The maximum Gasteiger partial charge on any atom is 0.239 e. The number of hydrogen-bond acceptors (Lipinski definition) is 4. The smallest absolute Gasteiger partial charge is 0.239 e. The van der Waals surface area contributed by atoms with E-state index in [9.17, 15) is 4.79 Å². The highest BCUT2D eigenvalue weighted by Crippen LogP contribution is 2.28. The summed E-state index contributed by atoms with van der Waals surface area (Å²) in [5, 5.41) is 6.25. The van der Waals surface area contributed by atoms with E-state index in [0.717, 1.165) is 43.9 Å². The van der Waals surface area contributed by atoms with Gasteiger partial charge in [-0.05, 0) is 36.5 Å². The van der Waals surface area contributed by atoms with Crippen molar-refractivity contribution in [1.82, 2.24) is 15.5 Å². The number of anilines is 1. The average molecular weight is 501 g/mol. The van der Waals surface area contributed by atoms with Gasteiger partial charge in [-0.25, -0.2) is 0 Å². The quantitative estimate of drug-likeness (QED) is 0.246. The summed E-state index contributed by atoms with van der Waals surface area (Å²) in [5.74, 6) is 1.75. The predicted octanol–water partition coefficient (Wildman–Crippen LogP) is 1.67. The molecular formula is C20H32IN5O2. The van der Waals surface area contributed by atoms with Gasteiger partial charge in [-0.1, -0.05) is 12.1 Å². The Bertz CT molecular complexity index is 649. The standard InChI is InChI=1S/C20H31N5O2.HI/c1-21-20(24(2)11-12-27-15-17-3-4-17)23-13-16-5-7-18(8-6-16)25-10-9-22-19(26)14-25;/h5-8,17H,3-4,9-15H2,1-2H3,(H,21,23)(H,22,26);1H. The van der Waals surface area contributed by atoms with E-state index in [-0.39, 0.29) is 29.9 Å². The molecule has 1 amide bonds. The molecule has 0 radical (unpaired) electrons. The second-order valence-corrected chi connectivity index (χ2v) is 7.28. The molecule has 1 saturated carbocycles. The Labute approximate surface area is 184 Å². The number of nitrogens with zero attached hydrogens (tertiary/aromatic N) is 3. The van der Waals surface area contributed by atoms with Gasteiger partial charge in [0.2, 0.25) is 5.91 Å². The summed E-state index contributed by atoms with van der Waals surface area (Å²) in [5.41, 5.74) is 2.27. The zero-order chi connectivity index (χ0) is 19.1. The number of ether oxygens (including phenoxy) is 1. The molecule has 8 heteroatoms. The van der Waals surface area contributed by atoms with Crippen LogP contribution in [0.3, 0.4) is 0 Å². The Morgan fingerprint density at radius 3 is 2.75 bits per heavy atom. The lowest BCUT2D eigenvalue weighted by Crippen LogP contribution is -2.47. The fourth-order valence-electron chi connectivity index (χ4n) is 3.09. The van der Waals surface area contributed by atoms with Crippen LogP contribution in [0.4, 0.5) is 5.69 Å². The zero-order valence-corrected chi connectivity index (χ0v) is 19.1. The van der Waals surface area contributed by atoms with Crippen LogP contribution in [-0.2, 0) is 16.1 Å². The van der Waals surface area contributed by atoms with Crippen molar-refractivity contribution in [3.63, 3.8) is 0 Å². The van der Waals surface area contributed by atoms with E-state index in [1.165, 1.54) is 18.4 Å². The molecule has 156 valence electrons. The van der Waals surface area contributed by atoms with E-state index in [1.54, 1.807) is 7.05 Å². The molecular weight excluding hydrogens is 469 g/mol. The van der Waals surface area contributed by atoms with Gasteiger partial charge in [0.15, 0.2) is 5.96 Å². The van der Waals surface area contributed by atoms with Gasteiger partial charge in [-0.2, -0.15) is 0 Å². The molecule has 1 saturated heterocycles. The van der Waals surface area contributed by atoms with Crippen LogP contribution in [0.15, 0.2) is 29.3 Å². The maximum absolute atomic E-state index is 11.5. The van der Waals surface area contributed by atoms with Gasteiger partial charge in [0.1, 0.15) is 0 Å². The molecule has 0 atom stereocenters. The Balaban J connectivity index is 0.00000280. The molecule has 2 N–H and O–H groups in total. The van der Waals surface area contributed by atoms with Crippen LogP contribution in [0, 0.1) is 5.92 Å². The number of guanidine groups is 1. The Morgan fingerprint density at radius 1 is 1.36 bits per heavy atom. The average Bonchev–Trinajstić information content (AvgIpc) is 3.51. The summed E-state index contributed by atoms with van der Waals surface area (Å²) in [6, 6.07) is 8.35. The number of likely N-dealkylation sites (N-methyl/N-ethyl adjacent to an activating group) is 1. The van der Waals surface area contributed by atoms with Crippen molar-refractivity contribution < 1.29 is 9.53 Å². The van der Waals surface area contributed by atoms with Gasteiger partial charge >= 0.3 is 0 Å². The van der Waals surface area contributed by atoms with Crippen LogP contribution in [0.2, 0.25) is 0 Å². The highest BCUT2D eigenvalue weighted by molar-refractivity contribution is 14.0. The maximum atomic E-state index is 11.5. The van der Waals surface area contributed by atoms with Gasteiger partial charge in [-0.15, -0.1) is 24.0 Å². The molecule has 2 fully saturated rings. The summed E-state index contributed by atoms with van der Waals surface area (Å²) in [7, 11) is 3.83. The van der Waals surface area contributed by atoms with Crippen LogP contribution in [-0.4, -0.2) is 70.3 Å². The highest BCUT2D eigenvalue weighted by atomic mass is 127. The minimum absolute atomic E-state index is 0. The van der Waals surface area contributed by atoms with Crippen LogP contribution < -0.4 is 15.5 Å². The molecule has 1 aliphatic heterocycles. The molecule has 1 aromatic carbocycles. The van der Waals surface area contributed by atoms with Crippen molar-refractivity contribution in [3.05, 3.63) is 29.8 Å². The van der Waals surface area contributed by atoms with Crippen LogP contribution in [0.25, 0.3) is 0 Å². The van der Waals surface area contributed by atoms with Crippen molar-refractivity contribution in [2.24, 2.45) is 10.9 Å². The highest BCUT2D eigenvalue weighted by Gasteiger charge is 2.21. The largest absolute Gasteiger partial charge is 0.379 e. The summed E-state index contributed by atoms with van der Waals surface area (Å²) < 4.78 is 5.71. The molecule has 0 aromatic heterocycles. The van der Waals surface area contributed by atoms with E-state index >= 15 is 0 Å². The van der Waals surface area contributed by atoms with Gasteiger partial charge in [0.05, 0.1) is 13.2 Å². The van der Waals surface area contributed by atoms with E-state index in [4.69, 9.17) is 4.74 Å². The zero-order valence-electron chi connectivity index (χ0n) is 16.8. The van der Waals surface area contributed by atoms with Gasteiger partial charge in [0, 0.05) is 52.6 Å². The number of rotatable bonds is 8. The fraction of sp³-hybridized carbons (Fsp3) is 0.600. The summed E-state index contributed by atoms with van der Waals surface area (Å²) in [4.78, 5) is 20.1. The molecule has 0 bridgehead atoms. The number of piperazine rings is 1. The van der Waals surface area contributed by atoms with Gasteiger partial charge in [0.25, 0.3) is 0 Å². The number of carbonyl (C=O) groups excluding carboxylic acids is 1. The molecule has 0 unspecified atom stereocenters. The first-order valence-electron chi connectivity index (χ1n) is 9.76. The van der Waals surface area contributed by atoms with Crippen molar-refractivity contribution in [2.75, 3.05) is 58.4 Å². The summed E-state index contributed by atoms with van der Waals surface area (Å²) in [6.45, 7) is 5.14. The SMILES string of the molecule is CN=C(NCc1ccc(N2CCNC(=O)C2)cc1)N(C)CCOCC1CC1.I. The molecule has 1 aromatic rings. The van der Waals surface area contributed by atoms with E-state index < -0.39 is 0 Å². The van der Waals surface area contributed by atoms with E-state index in [1.807, 2.05) is 7.05 Å². The van der Waals surface area contributed by atoms with Crippen molar-refractivity contribution in [3.8, 4) is 0 Å². The Morgan fingerprint density at radius 2 is 2.11 bits per heavy atom. The molecule has 1 heterocycles. The minimum atomic E-state index is 0. The number of nitrogens with one attached hydrogen (secondary N) is 2. The Hall–Kier alpha value is -1.55. The second-order valence-electron chi connectivity index (χ2n) is 7.28. The molecule has 0 spiro atoms. The molecule has 3 rings (SSSR count). The minimum Gasteiger partial charge on any atom is -0.379 e. The summed E-state index contributed by atoms with van der Waals surface area (Å²) >= 11 is 0. The van der Waals surface area contributed by atoms with Gasteiger partial charge < -0.3 is 25.2 Å². The number of halogens is 1. The summed E-state index contributed by atoms with van der Waals surface area (Å²) in [6.07, 6.45) is 2.64. The number of carbonyl (C=O) groups is 1. The lowest BCUT2D eigenvalue weighted by Gasteiger charge is -2.28. The van der Waals surface area contributed by atoms with Gasteiger partial charge in [-0.3, -0.25) is 9.79 Å². The van der Waals surface area contributed by atoms with E-state index in [2.05, 4.69) is 49.7 Å². The van der Waals surface area contributed by atoms with Crippen LogP contribution in [0.1, 0.15) is 18.4 Å². The normalized spacial score (nSPS) is 17.0. The number of amides is 1. The van der Waals surface area contributed by atoms with E-state index in [0.29, 0.717) is 19.6 Å². The first-order chi connectivity index (χ1) is 13.2. The van der Waals surface area contributed by atoms with Crippen LogP contribution >= 0.6 is 24.0 Å². The number of benzene rings is 1. The first kappa shape index (κ1) is 22.7. The third-order valence-corrected chi connectivity index (χ3v) is 4.99. The third kappa shape index (κ3) is 7.12. The fourth-order valence-corrected chi connectivity index (χ4v) is 3.09. The van der Waals surface area contributed by atoms with Crippen molar-refractivity contribution >= 4 is 41.5 Å². The van der Waals surface area contributed by atoms with Crippen molar-refractivity contribution in [1.29, 1.82) is 0 Å². The topological polar surface area (TPSA) is 69.2 Å². The molecule has 28 heavy (non-hydrogen) atoms. The monoisotopic (exact) mass is 501 g/mol. The van der Waals surface area contributed by atoms with Crippen molar-refractivity contribution in [2.45, 2.75) is 19.4 Å². The number of aliphatic imine (C=N–C) groups is 1. The lowest BCUT2D eigenvalue weighted by atomic mass is 10.2. The number of hydrogen-bond donors (Lipinski definition) is 2. The third-order valence-electron chi connectivity index (χ3n) is 4.99. The first-order valence-corrected chi connectivity index (χ1v) is 9.76. The molecule has 1 aliphatic carbocycles. The lowest BCUT2D eigenvalue weighted by molar-refractivity contribution is -0.120. The Kier molecular flexibility index (Phi) is 9.30. The molecule has 7 nitrogen and oxygen atoms in total. The predicted molar refractivity (Wildman–Crippen MR) is 123 cm³/mol. The second kappa shape index (κ2) is 11.5. The van der Waals surface area contributed by atoms with Crippen LogP contribution in [0.5, 0.6) is 0 Å². The molecule has 2 aliphatic rings.